The molecule has 0 fully saturated rings. The third-order valence-electron chi connectivity index (χ3n) is 3.28. The number of anilines is 1. The number of benzene rings is 1. The molecule has 6 heteroatoms. The van der Waals surface area contributed by atoms with E-state index < -0.39 is 11.6 Å². The number of hydrazine groups is 1. The van der Waals surface area contributed by atoms with Gasteiger partial charge in [0.2, 0.25) is 0 Å². The predicted molar refractivity (Wildman–Crippen MR) is 69.2 cm³/mol. The van der Waals surface area contributed by atoms with Crippen LogP contribution in [0, 0.1) is 11.6 Å². The average Bonchev–Trinajstić information content (AvgIpc) is 2.81. The van der Waals surface area contributed by atoms with Crippen LogP contribution in [-0.2, 0) is 12.8 Å². The summed E-state index contributed by atoms with van der Waals surface area (Å²) in [7, 11) is 0. The average molecular weight is 314 g/mol. The van der Waals surface area contributed by atoms with E-state index in [0.717, 1.165) is 36.6 Å². The molecule has 1 heterocycles. The van der Waals surface area contributed by atoms with Crippen LogP contribution < -0.4 is 11.3 Å². The zero-order chi connectivity index (χ0) is 12.9. The van der Waals surface area contributed by atoms with Crippen LogP contribution >= 0.6 is 15.9 Å². The molecule has 0 bridgehead atoms. The maximum absolute atomic E-state index is 14.1. The highest BCUT2D eigenvalue weighted by atomic mass is 79.9. The lowest BCUT2D eigenvalue weighted by molar-refractivity contribution is 0.609. The van der Waals surface area contributed by atoms with E-state index in [4.69, 9.17) is 5.84 Å². The largest absolute Gasteiger partial charge is 0.323 e. The summed E-state index contributed by atoms with van der Waals surface area (Å²) < 4.78 is 28.1. The molecule has 0 saturated heterocycles. The summed E-state index contributed by atoms with van der Waals surface area (Å²) in [4.78, 5) is 4.23. The Kier molecular flexibility index (Phi) is 2.71. The van der Waals surface area contributed by atoms with Crippen molar-refractivity contribution in [1.82, 2.24) is 4.98 Å². The van der Waals surface area contributed by atoms with Crippen LogP contribution in [-0.4, -0.2) is 4.98 Å². The van der Waals surface area contributed by atoms with Crippen molar-refractivity contribution < 1.29 is 8.78 Å². The van der Waals surface area contributed by atoms with Gasteiger partial charge in [-0.25, -0.2) is 13.8 Å². The Balaban J connectivity index is 2.51. The van der Waals surface area contributed by atoms with Gasteiger partial charge in [-0.05, 0) is 46.8 Å². The Bertz CT molecular complexity index is 658. The van der Waals surface area contributed by atoms with Crippen molar-refractivity contribution in [3.05, 3.63) is 33.4 Å². The molecule has 0 saturated carbocycles. The number of fused-ring (bicyclic) bond motifs is 2. The fourth-order valence-electron chi connectivity index (χ4n) is 2.49. The maximum atomic E-state index is 14.1. The van der Waals surface area contributed by atoms with E-state index in [1.165, 1.54) is 0 Å². The van der Waals surface area contributed by atoms with E-state index in [-0.39, 0.29) is 15.4 Å². The second-order valence-corrected chi connectivity index (χ2v) is 5.14. The minimum atomic E-state index is -0.551. The van der Waals surface area contributed by atoms with Crippen LogP contribution in [0.3, 0.4) is 0 Å². The van der Waals surface area contributed by atoms with Crippen LogP contribution in [0.1, 0.15) is 17.7 Å². The fourth-order valence-corrected chi connectivity index (χ4v) is 2.89. The number of nitrogen functional groups attached to an aromatic ring is 1. The van der Waals surface area contributed by atoms with Crippen molar-refractivity contribution in [3.63, 3.8) is 0 Å². The first-order valence-corrected chi connectivity index (χ1v) is 6.38. The molecule has 1 aliphatic carbocycles. The smallest absolute Gasteiger partial charge is 0.150 e. The molecule has 0 amide bonds. The number of rotatable bonds is 1. The number of nitrogens with two attached hydrogens (primary N) is 1. The maximum Gasteiger partial charge on any atom is 0.150 e. The molecule has 3 nitrogen and oxygen atoms in total. The normalized spacial score (nSPS) is 14.0. The Morgan fingerprint density at radius 2 is 2.11 bits per heavy atom. The molecule has 94 valence electrons. The molecule has 0 atom stereocenters. The van der Waals surface area contributed by atoms with E-state index in [1.54, 1.807) is 0 Å². The zero-order valence-electron chi connectivity index (χ0n) is 9.36. The number of hydrogen-bond donors (Lipinski definition) is 2. The Morgan fingerprint density at radius 3 is 2.83 bits per heavy atom. The highest BCUT2D eigenvalue weighted by molar-refractivity contribution is 9.10. The number of halogens is 3. The third kappa shape index (κ3) is 1.52. The Morgan fingerprint density at radius 1 is 1.33 bits per heavy atom. The summed E-state index contributed by atoms with van der Waals surface area (Å²) in [6.07, 6.45) is 2.49. The Labute approximate surface area is 110 Å². The minimum absolute atomic E-state index is 0.0318. The zero-order valence-corrected chi connectivity index (χ0v) is 10.9. The van der Waals surface area contributed by atoms with Crippen molar-refractivity contribution in [2.45, 2.75) is 19.3 Å². The highest BCUT2D eigenvalue weighted by Crippen LogP contribution is 2.37. The molecule has 1 aromatic carbocycles. The molecule has 3 rings (SSSR count). The lowest BCUT2D eigenvalue weighted by Crippen LogP contribution is -2.12. The quantitative estimate of drug-likeness (QED) is 0.483. The van der Waals surface area contributed by atoms with E-state index in [2.05, 4.69) is 26.3 Å². The first-order valence-electron chi connectivity index (χ1n) is 5.59. The van der Waals surface area contributed by atoms with Gasteiger partial charge in [0, 0.05) is 5.69 Å². The van der Waals surface area contributed by atoms with Gasteiger partial charge in [-0.2, -0.15) is 0 Å². The first kappa shape index (κ1) is 11.8. The second-order valence-electron chi connectivity index (χ2n) is 4.29. The monoisotopic (exact) mass is 313 g/mol. The lowest BCUT2D eigenvalue weighted by atomic mass is 10.1. The number of hydrogen-bond acceptors (Lipinski definition) is 3. The van der Waals surface area contributed by atoms with Crippen LogP contribution in [0.2, 0.25) is 0 Å². The van der Waals surface area contributed by atoms with Gasteiger partial charge in [0.25, 0.3) is 0 Å². The third-order valence-corrected chi connectivity index (χ3v) is 3.85. The second kappa shape index (κ2) is 4.13. The standard InChI is InChI=1S/C12H10BrF2N3/c13-6-4-7(14)12-9(10(6)15)11(18-16)5-2-1-3-8(5)17-12/h4H,1-3,16H2,(H,17,18). The molecule has 2 aromatic rings. The number of nitrogens with zero attached hydrogens (tertiary/aromatic N) is 1. The van der Waals surface area contributed by atoms with Gasteiger partial charge in [-0.3, -0.25) is 5.84 Å². The molecular formula is C12H10BrF2N3. The number of aryl methyl sites for hydroxylation is 1. The van der Waals surface area contributed by atoms with E-state index >= 15 is 0 Å². The lowest BCUT2D eigenvalue weighted by Gasteiger charge is -2.13. The summed E-state index contributed by atoms with van der Waals surface area (Å²) in [5, 5.41) is 0.116. The molecule has 18 heavy (non-hydrogen) atoms. The Hall–Kier alpha value is -1.27. The summed E-state index contributed by atoms with van der Waals surface area (Å²) in [6, 6.07) is 1.09. The summed E-state index contributed by atoms with van der Waals surface area (Å²) in [6.45, 7) is 0. The van der Waals surface area contributed by atoms with Crippen LogP contribution in [0.15, 0.2) is 10.5 Å². The molecule has 0 spiro atoms. The van der Waals surface area contributed by atoms with E-state index in [9.17, 15) is 8.78 Å². The molecule has 0 unspecified atom stereocenters. The van der Waals surface area contributed by atoms with Crippen molar-refractivity contribution in [2.75, 3.05) is 5.43 Å². The van der Waals surface area contributed by atoms with Crippen LogP contribution in [0.5, 0.6) is 0 Å². The molecule has 1 aliphatic rings. The van der Waals surface area contributed by atoms with Gasteiger partial charge in [0.1, 0.15) is 11.3 Å². The summed E-state index contributed by atoms with van der Waals surface area (Å²) in [5.74, 6) is 4.38. The molecule has 0 aliphatic heterocycles. The van der Waals surface area contributed by atoms with Gasteiger partial charge >= 0.3 is 0 Å². The molecule has 3 N–H and O–H groups in total. The van der Waals surface area contributed by atoms with E-state index in [0.29, 0.717) is 5.69 Å². The van der Waals surface area contributed by atoms with Gasteiger partial charge in [0.15, 0.2) is 5.82 Å². The van der Waals surface area contributed by atoms with Gasteiger partial charge in [-0.1, -0.05) is 0 Å². The number of nitrogens with one attached hydrogen (secondary N) is 1. The first-order chi connectivity index (χ1) is 8.63. The van der Waals surface area contributed by atoms with Crippen molar-refractivity contribution in [1.29, 1.82) is 0 Å². The number of pyridine rings is 1. The van der Waals surface area contributed by atoms with Gasteiger partial charge in [-0.15, -0.1) is 0 Å². The van der Waals surface area contributed by atoms with Crippen molar-refractivity contribution in [2.24, 2.45) is 5.84 Å². The van der Waals surface area contributed by atoms with Crippen molar-refractivity contribution in [3.8, 4) is 0 Å². The minimum Gasteiger partial charge on any atom is -0.323 e. The van der Waals surface area contributed by atoms with Crippen molar-refractivity contribution >= 4 is 32.5 Å². The molecule has 0 radical (unpaired) electrons. The van der Waals surface area contributed by atoms with Crippen LogP contribution in [0.4, 0.5) is 14.5 Å². The van der Waals surface area contributed by atoms with Crippen LogP contribution in [0.25, 0.3) is 10.9 Å². The number of aromatic nitrogens is 1. The predicted octanol–water partition coefficient (Wildman–Crippen LogP) is 3.05. The van der Waals surface area contributed by atoms with E-state index in [1.807, 2.05) is 0 Å². The van der Waals surface area contributed by atoms with Gasteiger partial charge in [0.05, 0.1) is 15.5 Å². The highest BCUT2D eigenvalue weighted by Gasteiger charge is 2.23. The molecule has 1 aromatic heterocycles. The summed E-state index contributed by atoms with van der Waals surface area (Å²) in [5.41, 5.74) is 4.67. The topological polar surface area (TPSA) is 50.9 Å². The van der Waals surface area contributed by atoms with Gasteiger partial charge < -0.3 is 5.43 Å². The SMILES string of the molecule is NNc1c2c(nc3c(F)cc(Br)c(F)c13)CCC2. The summed E-state index contributed by atoms with van der Waals surface area (Å²) >= 11 is 3.00. The molecular weight excluding hydrogens is 304 g/mol. The fraction of sp³-hybridized carbons (Fsp3) is 0.250.